The molecule has 0 N–H and O–H groups in total. The summed E-state index contributed by atoms with van der Waals surface area (Å²) in [5.74, 6) is 0.728. The van der Waals surface area contributed by atoms with Crippen LogP contribution in [0.3, 0.4) is 0 Å². The molecule has 1 saturated carbocycles. The summed E-state index contributed by atoms with van der Waals surface area (Å²) >= 11 is 6.39. The number of nitrogens with zero attached hydrogens (tertiary/aromatic N) is 2. The maximum Gasteiger partial charge on any atom is 0.312 e. The molecule has 1 aromatic heterocycles. The molecule has 0 unspecified atom stereocenters. The SMILES string of the molecule is Cc1nc2n(c(=O)c1CCOC(=O)C1(Cc3ccccc3Cl)CCCCC1)CCCC2. The Balaban J connectivity index is 1.47. The third kappa shape index (κ3) is 4.72. The van der Waals surface area contributed by atoms with Gasteiger partial charge in [0.1, 0.15) is 5.82 Å². The molecule has 0 spiro atoms. The van der Waals surface area contributed by atoms with Crippen molar-refractivity contribution in [2.75, 3.05) is 6.61 Å². The second-order valence-corrected chi connectivity index (χ2v) is 9.41. The first-order chi connectivity index (χ1) is 15.0. The van der Waals surface area contributed by atoms with Crippen LogP contribution in [0.5, 0.6) is 0 Å². The van der Waals surface area contributed by atoms with Crippen molar-refractivity contribution in [3.8, 4) is 0 Å². The van der Waals surface area contributed by atoms with E-state index < -0.39 is 5.41 Å². The molecule has 5 nitrogen and oxygen atoms in total. The summed E-state index contributed by atoms with van der Waals surface area (Å²) in [6.45, 7) is 2.82. The van der Waals surface area contributed by atoms with Crippen molar-refractivity contribution >= 4 is 17.6 Å². The summed E-state index contributed by atoms with van der Waals surface area (Å²) in [5.41, 5.74) is 1.93. The van der Waals surface area contributed by atoms with Crippen LogP contribution in [0.25, 0.3) is 0 Å². The number of benzene rings is 1. The zero-order valence-electron chi connectivity index (χ0n) is 18.3. The Morgan fingerprint density at radius 2 is 1.94 bits per heavy atom. The van der Waals surface area contributed by atoms with Gasteiger partial charge in [-0.25, -0.2) is 4.98 Å². The monoisotopic (exact) mass is 442 g/mol. The van der Waals surface area contributed by atoms with Gasteiger partial charge in [0.25, 0.3) is 5.56 Å². The van der Waals surface area contributed by atoms with Crippen LogP contribution in [0, 0.1) is 12.3 Å². The Morgan fingerprint density at radius 3 is 2.71 bits per heavy atom. The van der Waals surface area contributed by atoms with Gasteiger partial charge in [-0.15, -0.1) is 0 Å². The van der Waals surface area contributed by atoms with E-state index in [1.165, 1.54) is 0 Å². The maximum absolute atomic E-state index is 13.3. The number of ether oxygens (including phenoxy) is 1. The van der Waals surface area contributed by atoms with E-state index in [1.54, 1.807) is 4.57 Å². The third-order valence-corrected chi connectivity index (χ3v) is 7.26. The maximum atomic E-state index is 13.3. The van der Waals surface area contributed by atoms with Crippen LogP contribution in [-0.4, -0.2) is 22.1 Å². The first-order valence-corrected chi connectivity index (χ1v) is 11.9. The molecule has 0 saturated heterocycles. The molecule has 1 aliphatic heterocycles. The number of hydrogen-bond donors (Lipinski definition) is 0. The minimum absolute atomic E-state index is 0.0293. The Labute approximate surface area is 188 Å². The summed E-state index contributed by atoms with van der Waals surface area (Å²) in [4.78, 5) is 30.8. The number of esters is 1. The van der Waals surface area contributed by atoms with Gasteiger partial charge in [-0.3, -0.25) is 14.2 Å². The van der Waals surface area contributed by atoms with Crippen molar-refractivity contribution in [3.05, 3.63) is 62.3 Å². The van der Waals surface area contributed by atoms with Gasteiger partial charge in [0.15, 0.2) is 0 Å². The lowest BCUT2D eigenvalue weighted by Crippen LogP contribution is -2.38. The van der Waals surface area contributed by atoms with Crippen molar-refractivity contribution in [3.63, 3.8) is 0 Å². The number of carbonyl (C=O) groups excluding carboxylic acids is 1. The van der Waals surface area contributed by atoms with Gasteiger partial charge in [0, 0.05) is 35.7 Å². The van der Waals surface area contributed by atoms with Gasteiger partial charge < -0.3 is 4.74 Å². The molecule has 166 valence electrons. The molecule has 1 fully saturated rings. The molecule has 6 heteroatoms. The smallest absolute Gasteiger partial charge is 0.312 e. The lowest BCUT2D eigenvalue weighted by atomic mass is 9.70. The first-order valence-electron chi connectivity index (χ1n) is 11.5. The molecular weight excluding hydrogens is 412 g/mol. The highest BCUT2D eigenvalue weighted by Crippen LogP contribution is 2.41. The zero-order valence-corrected chi connectivity index (χ0v) is 19.0. The van der Waals surface area contributed by atoms with Crippen LogP contribution < -0.4 is 5.56 Å². The molecule has 31 heavy (non-hydrogen) atoms. The summed E-state index contributed by atoms with van der Waals surface area (Å²) < 4.78 is 7.60. The molecule has 2 aliphatic rings. The van der Waals surface area contributed by atoms with E-state index in [0.29, 0.717) is 23.4 Å². The van der Waals surface area contributed by atoms with Crippen molar-refractivity contribution in [1.82, 2.24) is 9.55 Å². The van der Waals surface area contributed by atoms with Crippen molar-refractivity contribution in [2.45, 2.75) is 77.7 Å². The second-order valence-electron chi connectivity index (χ2n) is 9.00. The van der Waals surface area contributed by atoms with Gasteiger partial charge in [0.05, 0.1) is 12.0 Å². The number of carbonyl (C=O) groups is 1. The Morgan fingerprint density at radius 1 is 1.16 bits per heavy atom. The number of rotatable bonds is 6. The molecule has 4 rings (SSSR count). The molecule has 2 heterocycles. The second kappa shape index (κ2) is 9.56. The van der Waals surface area contributed by atoms with E-state index in [4.69, 9.17) is 16.3 Å². The molecule has 1 aliphatic carbocycles. The summed E-state index contributed by atoms with van der Waals surface area (Å²) in [6.07, 6.45) is 8.79. The van der Waals surface area contributed by atoms with Crippen LogP contribution in [0.1, 0.15) is 67.6 Å². The van der Waals surface area contributed by atoms with Crippen molar-refractivity contribution in [1.29, 1.82) is 0 Å². The molecule has 0 radical (unpaired) electrons. The van der Waals surface area contributed by atoms with Crippen LogP contribution in [0.15, 0.2) is 29.1 Å². The highest BCUT2D eigenvalue weighted by atomic mass is 35.5. The number of aromatic nitrogens is 2. The number of aryl methyl sites for hydroxylation is 2. The molecule has 1 aromatic carbocycles. The topological polar surface area (TPSA) is 61.2 Å². The summed E-state index contributed by atoms with van der Waals surface area (Å²) in [7, 11) is 0. The van der Waals surface area contributed by atoms with E-state index in [0.717, 1.165) is 75.0 Å². The third-order valence-electron chi connectivity index (χ3n) is 6.90. The van der Waals surface area contributed by atoms with Crippen molar-refractivity contribution in [2.24, 2.45) is 5.41 Å². The molecule has 0 bridgehead atoms. The normalized spacial score (nSPS) is 17.7. The Bertz CT molecular complexity index is 1010. The van der Waals surface area contributed by atoms with E-state index in [9.17, 15) is 9.59 Å². The molecule has 0 amide bonds. The highest BCUT2D eigenvalue weighted by molar-refractivity contribution is 6.31. The van der Waals surface area contributed by atoms with E-state index in [1.807, 2.05) is 31.2 Å². The average Bonchev–Trinajstić information content (AvgIpc) is 2.78. The first kappa shape index (κ1) is 22.1. The van der Waals surface area contributed by atoms with Crippen LogP contribution in [0.2, 0.25) is 5.02 Å². The molecule has 2 aromatic rings. The number of fused-ring (bicyclic) bond motifs is 1. The van der Waals surface area contributed by atoms with Gasteiger partial charge >= 0.3 is 5.97 Å². The van der Waals surface area contributed by atoms with Gasteiger partial charge in [-0.05, 0) is 50.7 Å². The lowest BCUT2D eigenvalue weighted by Gasteiger charge is -2.35. The average molecular weight is 443 g/mol. The largest absolute Gasteiger partial charge is 0.465 e. The fraction of sp³-hybridized carbons (Fsp3) is 0.560. The van der Waals surface area contributed by atoms with E-state index in [2.05, 4.69) is 4.98 Å². The Hall–Kier alpha value is -2.14. The van der Waals surface area contributed by atoms with Gasteiger partial charge in [-0.1, -0.05) is 49.1 Å². The van der Waals surface area contributed by atoms with E-state index >= 15 is 0 Å². The van der Waals surface area contributed by atoms with Crippen LogP contribution in [0.4, 0.5) is 0 Å². The molecular formula is C25H31ClN2O3. The van der Waals surface area contributed by atoms with Crippen LogP contribution in [-0.2, 0) is 35.3 Å². The lowest BCUT2D eigenvalue weighted by molar-refractivity contribution is -0.158. The highest BCUT2D eigenvalue weighted by Gasteiger charge is 2.41. The fourth-order valence-electron chi connectivity index (χ4n) is 5.11. The minimum Gasteiger partial charge on any atom is -0.465 e. The zero-order chi connectivity index (χ0) is 21.8. The van der Waals surface area contributed by atoms with Gasteiger partial charge in [-0.2, -0.15) is 0 Å². The predicted octanol–water partition coefficient (Wildman–Crippen LogP) is 4.82. The summed E-state index contributed by atoms with van der Waals surface area (Å²) in [6, 6.07) is 7.74. The standard InChI is InChI=1S/C25H31ClN2O3/c1-18-20(23(29)28-15-8-5-11-22(28)27-18)12-16-31-24(30)25(13-6-2-7-14-25)17-19-9-3-4-10-21(19)26/h3-4,9-10H,2,5-8,11-17H2,1H3. The van der Waals surface area contributed by atoms with Crippen molar-refractivity contribution < 1.29 is 9.53 Å². The molecule has 0 atom stereocenters. The number of hydrogen-bond acceptors (Lipinski definition) is 4. The van der Waals surface area contributed by atoms with Crippen LogP contribution >= 0.6 is 11.6 Å². The summed E-state index contributed by atoms with van der Waals surface area (Å²) in [5, 5.41) is 0.698. The minimum atomic E-state index is -0.526. The van der Waals surface area contributed by atoms with E-state index in [-0.39, 0.29) is 18.1 Å². The predicted molar refractivity (Wildman–Crippen MR) is 122 cm³/mol. The van der Waals surface area contributed by atoms with Gasteiger partial charge in [0.2, 0.25) is 0 Å². The quantitative estimate of drug-likeness (QED) is 0.601. The number of halogens is 1. The fourth-order valence-corrected chi connectivity index (χ4v) is 5.31. The Kier molecular flexibility index (Phi) is 6.80.